The fourth-order valence-corrected chi connectivity index (χ4v) is 3.99. The van der Waals surface area contributed by atoms with Gasteiger partial charge >= 0.3 is 0 Å². The molecule has 0 spiro atoms. The van der Waals surface area contributed by atoms with E-state index in [1.54, 1.807) is 0 Å². The highest BCUT2D eigenvalue weighted by Gasteiger charge is 2.21. The number of hydrogen-bond acceptors (Lipinski definition) is 5. The van der Waals surface area contributed by atoms with Gasteiger partial charge in [-0.3, -0.25) is 4.90 Å². The average molecular weight is 561 g/mol. The minimum Gasteiger partial charge on any atom is -0.488 e. The smallest absolute Gasteiger partial charge is 0.191 e. The lowest BCUT2D eigenvalue weighted by Gasteiger charge is -2.34. The van der Waals surface area contributed by atoms with Gasteiger partial charge in [0.05, 0.1) is 32.5 Å². The number of nitrogens with zero attached hydrogens (tertiary/aromatic N) is 2. The fraction of sp³-hybridized carbons (Fsp3) is 0.708. The molecule has 0 bridgehead atoms. The fourth-order valence-electron chi connectivity index (χ4n) is 3.99. The predicted molar refractivity (Wildman–Crippen MR) is 140 cm³/mol. The van der Waals surface area contributed by atoms with E-state index in [-0.39, 0.29) is 36.2 Å². The molecular weight excluding hydrogens is 519 g/mol. The van der Waals surface area contributed by atoms with Gasteiger partial charge in [-0.15, -0.1) is 24.0 Å². The highest BCUT2D eigenvalue weighted by Crippen LogP contribution is 2.24. The molecule has 2 fully saturated rings. The number of halogens is 1. The Balaban J connectivity index is 0.00000363. The molecule has 2 saturated heterocycles. The summed E-state index contributed by atoms with van der Waals surface area (Å²) < 4.78 is 17.6. The van der Waals surface area contributed by atoms with Crippen molar-refractivity contribution in [3.63, 3.8) is 0 Å². The van der Waals surface area contributed by atoms with Crippen LogP contribution in [0.3, 0.4) is 0 Å². The molecule has 2 N–H and O–H groups in total. The standard InChI is InChI=1S/C24H40N4O3.HI/c1-5-25-24(27-14-22-16-28(9-11-30-22)15-18(2)3)26-13-20-7-6-19(4)12-23(20)31-21-8-10-29-17-21;/h6-7,12,18,21-22H,5,8-11,13-17H2,1-4H3,(H2,25,26,27);1H. The molecule has 2 heterocycles. The number of rotatable bonds is 9. The topological polar surface area (TPSA) is 67.4 Å². The third kappa shape index (κ3) is 9.03. The van der Waals surface area contributed by atoms with Crippen molar-refractivity contribution in [3.05, 3.63) is 29.3 Å². The summed E-state index contributed by atoms with van der Waals surface area (Å²) in [6.07, 6.45) is 1.25. The Hall–Kier alpha value is -1.10. The first-order valence-corrected chi connectivity index (χ1v) is 11.7. The molecule has 1 aromatic carbocycles. The van der Waals surface area contributed by atoms with Crippen molar-refractivity contribution in [1.29, 1.82) is 0 Å². The third-order valence-corrected chi connectivity index (χ3v) is 5.50. The van der Waals surface area contributed by atoms with Crippen LogP contribution in [0.25, 0.3) is 0 Å². The highest BCUT2D eigenvalue weighted by atomic mass is 127. The lowest BCUT2D eigenvalue weighted by atomic mass is 10.1. The van der Waals surface area contributed by atoms with Crippen molar-refractivity contribution in [2.75, 3.05) is 52.5 Å². The summed E-state index contributed by atoms with van der Waals surface area (Å²) >= 11 is 0. The highest BCUT2D eigenvalue weighted by molar-refractivity contribution is 14.0. The van der Waals surface area contributed by atoms with E-state index in [1.807, 2.05) is 0 Å². The van der Waals surface area contributed by atoms with Crippen molar-refractivity contribution < 1.29 is 14.2 Å². The van der Waals surface area contributed by atoms with Gasteiger partial charge in [-0.1, -0.05) is 26.0 Å². The summed E-state index contributed by atoms with van der Waals surface area (Å²) in [5.41, 5.74) is 2.28. The molecule has 0 saturated carbocycles. The van der Waals surface area contributed by atoms with Crippen LogP contribution in [-0.4, -0.2) is 75.6 Å². The third-order valence-electron chi connectivity index (χ3n) is 5.50. The second kappa shape index (κ2) is 14.2. The zero-order valence-corrected chi connectivity index (χ0v) is 22.4. The summed E-state index contributed by atoms with van der Waals surface area (Å²) in [6, 6.07) is 6.33. The molecule has 2 unspecified atom stereocenters. The van der Waals surface area contributed by atoms with Crippen molar-refractivity contribution in [1.82, 2.24) is 15.5 Å². The number of aryl methyl sites for hydroxylation is 1. The van der Waals surface area contributed by atoms with Gasteiger partial charge in [0.1, 0.15) is 11.9 Å². The number of benzene rings is 1. The SMILES string of the molecule is CCNC(=NCc1ccc(C)cc1OC1CCOC1)NCC1CN(CC(C)C)CCO1.I. The van der Waals surface area contributed by atoms with E-state index in [0.717, 1.165) is 69.6 Å². The Kier molecular flexibility index (Phi) is 12.1. The van der Waals surface area contributed by atoms with Gasteiger partial charge in [-0.2, -0.15) is 0 Å². The molecule has 32 heavy (non-hydrogen) atoms. The maximum Gasteiger partial charge on any atom is 0.191 e. The summed E-state index contributed by atoms with van der Waals surface area (Å²) in [6.45, 7) is 16.2. The zero-order chi connectivity index (χ0) is 22.1. The van der Waals surface area contributed by atoms with E-state index in [2.05, 4.69) is 61.4 Å². The molecule has 0 aliphatic carbocycles. The number of morpholine rings is 1. The van der Waals surface area contributed by atoms with Gasteiger partial charge in [0.25, 0.3) is 0 Å². The molecular formula is C24H41IN4O3. The van der Waals surface area contributed by atoms with E-state index in [9.17, 15) is 0 Å². The molecule has 1 aromatic rings. The predicted octanol–water partition coefficient (Wildman–Crippen LogP) is 3.19. The number of aliphatic imine (C=N–C) groups is 1. The second-order valence-corrected chi connectivity index (χ2v) is 8.94. The number of guanidine groups is 1. The van der Waals surface area contributed by atoms with Gasteiger partial charge in [0.2, 0.25) is 0 Å². The maximum atomic E-state index is 6.22. The van der Waals surface area contributed by atoms with Crippen LogP contribution in [0.4, 0.5) is 0 Å². The van der Waals surface area contributed by atoms with E-state index >= 15 is 0 Å². The number of hydrogen-bond donors (Lipinski definition) is 2. The summed E-state index contributed by atoms with van der Waals surface area (Å²) in [7, 11) is 0. The Morgan fingerprint density at radius 3 is 2.84 bits per heavy atom. The first kappa shape index (κ1) is 27.1. The monoisotopic (exact) mass is 560 g/mol. The number of nitrogens with one attached hydrogen (secondary N) is 2. The molecule has 8 heteroatoms. The van der Waals surface area contributed by atoms with E-state index in [1.165, 1.54) is 5.56 Å². The molecule has 0 aromatic heterocycles. The van der Waals surface area contributed by atoms with Crippen LogP contribution in [0.1, 0.15) is 38.3 Å². The molecule has 7 nitrogen and oxygen atoms in total. The Morgan fingerprint density at radius 1 is 1.28 bits per heavy atom. The van der Waals surface area contributed by atoms with Crippen LogP contribution < -0.4 is 15.4 Å². The maximum absolute atomic E-state index is 6.22. The molecule has 2 atom stereocenters. The zero-order valence-electron chi connectivity index (χ0n) is 20.1. The molecule has 0 radical (unpaired) electrons. The Morgan fingerprint density at radius 2 is 2.12 bits per heavy atom. The largest absolute Gasteiger partial charge is 0.488 e. The van der Waals surface area contributed by atoms with Crippen LogP contribution >= 0.6 is 24.0 Å². The van der Waals surface area contributed by atoms with Crippen LogP contribution in [0.5, 0.6) is 5.75 Å². The molecule has 3 rings (SSSR count). The quantitative estimate of drug-likeness (QED) is 0.275. The minimum absolute atomic E-state index is 0. The van der Waals surface area contributed by atoms with Crippen molar-refractivity contribution >= 4 is 29.9 Å². The van der Waals surface area contributed by atoms with Gasteiger partial charge in [-0.05, 0) is 31.4 Å². The van der Waals surface area contributed by atoms with Crippen molar-refractivity contribution in [2.24, 2.45) is 10.9 Å². The van der Waals surface area contributed by atoms with E-state index < -0.39 is 0 Å². The van der Waals surface area contributed by atoms with Gasteiger partial charge in [-0.25, -0.2) is 4.99 Å². The molecule has 0 amide bonds. The lowest BCUT2D eigenvalue weighted by molar-refractivity contribution is -0.0284. The average Bonchev–Trinajstić information content (AvgIpc) is 3.24. The summed E-state index contributed by atoms with van der Waals surface area (Å²) in [4.78, 5) is 7.31. The first-order valence-electron chi connectivity index (χ1n) is 11.7. The minimum atomic E-state index is 0. The van der Waals surface area contributed by atoms with E-state index in [0.29, 0.717) is 19.1 Å². The van der Waals surface area contributed by atoms with Crippen LogP contribution in [0, 0.1) is 12.8 Å². The van der Waals surface area contributed by atoms with Crippen LogP contribution in [0.15, 0.2) is 23.2 Å². The van der Waals surface area contributed by atoms with Gasteiger partial charge in [0.15, 0.2) is 5.96 Å². The summed E-state index contributed by atoms with van der Waals surface area (Å²) in [5, 5.41) is 6.81. The first-order chi connectivity index (χ1) is 15.0. The Bertz CT molecular complexity index is 710. The molecule has 2 aliphatic heterocycles. The van der Waals surface area contributed by atoms with Crippen LogP contribution in [-0.2, 0) is 16.0 Å². The van der Waals surface area contributed by atoms with Crippen molar-refractivity contribution in [2.45, 2.75) is 52.9 Å². The van der Waals surface area contributed by atoms with E-state index in [4.69, 9.17) is 19.2 Å². The number of ether oxygens (including phenoxy) is 3. The lowest BCUT2D eigenvalue weighted by Crippen LogP contribution is -2.50. The normalized spacial score (nSPS) is 22.0. The van der Waals surface area contributed by atoms with Crippen LogP contribution in [0.2, 0.25) is 0 Å². The van der Waals surface area contributed by atoms with Gasteiger partial charge in [0, 0.05) is 44.7 Å². The molecule has 182 valence electrons. The summed E-state index contributed by atoms with van der Waals surface area (Å²) in [5.74, 6) is 2.39. The molecule has 2 aliphatic rings. The van der Waals surface area contributed by atoms with Crippen molar-refractivity contribution in [3.8, 4) is 5.75 Å². The second-order valence-electron chi connectivity index (χ2n) is 8.94. The van der Waals surface area contributed by atoms with Gasteiger partial charge < -0.3 is 24.8 Å². The Labute approximate surface area is 210 Å².